The highest BCUT2D eigenvalue weighted by Crippen LogP contribution is 2.33. The average molecular weight is 331 g/mol. The molecule has 0 atom stereocenters. The number of amides is 2. The molecule has 2 aromatic carbocycles. The van der Waals surface area contributed by atoms with Crippen LogP contribution in [0.1, 0.15) is 26.3 Å². The van der Waals surface area contributed by atoms with Gasteiger partial charge in [0.25, 0.3) is 17.4 Å². The minimum atomic E-state index is -0.338. The summed E-state index contributed by atoms with van der Waals surface area (Å²) in [6.45, 7) is 1.84. The lowest BCUT2D eigenvalue weighted by molar-refractivity contribution is 0.0926. The number of imide groups is 1. The Bertz CT molecular complexity index is 1030. The van der Waals surface area contributed by atoms with Crippen molar-refractivity contribution in [3.63, 3.8) is 0 Å². The molecule has 0 radical (unpaired) electrons. The molecule has 0 spiro atoms. The lowest BCUT2D eigenvalue weighted by Gasteiger charge is -2.17. The van der Waals surface area contributed by atoms with Crippen LogP contribution in [0.3, 0.4) is 0 Å². The van der Waals surface area contributed by atoms with E-state index in [0.717, 1.165) is 5.56 Å². The molecule has 3 aromatic rings. The van der Waals surface area contributed by atoms with Gasteiger partial charge in [0.05, 0.1) is 22.5 Å². The van der Waals surface area contributed by atoms with Crippen molar-refractivity contribution in [3.8, 4) is 11.3 Å². The number of aryl methyl sites for hydroxylation is 1. The Morgan fingerprint density at radius 1 is 0.880 bits per heavy atom. The third kappa shape index (κ3) is 2.35. The van der Waals surface area contributed by atoms with Crippen LogP contribution in [-0.2, 0) is 0 Å². The van der Waals surface area contributed by atoms with Gasteiger partial charge in [0, 0.05) is 11.6 Å². The predicted octanol–water partition coefficient (Wildman–Crippen LogP) is 2.55. The van der Waals surface area contributed by atoms with E-state index in [1.165, 1.54) is 11.0 Å². The fourth-order valence-corrected chi connectivity index (χ4v) is 2.92. The standard InChI is InChI=1S/C19H13N3O3/c1-11-6-7-12(15-8-9-17(23)21-20-15)10-16(11)22-18(24)13-4-2-3-5-14(13)19(22)25/h2-10H,1H3,(H,21,23). The van der Waals surface area contributed by atoms with Gasteiger partial charge in [-0.25, -0.2) is 10.00 Å². The van der Waals surface area contributed by atoms with Crippen LogP contribution < -0.4 is 10.5 Å². The van der Waals surface area contributed by atoms with Crippen molar-refractivity contribution in [2.45, 2.75) is 6.92 Å². The average Bonchev–Trinajstić information content (AvgIpc) is 2.88. The van der Waals surface area contributed by atoms with Crippen LogP contribution >= 0.6 is 0 Å². The van der Waals surface area contributed by atoms with Gasteiger partial charge in [-0.2, -0.15) is 5.10 Å². The third-order valence-corrected chi connectivity index (χ3v) is 4.22. The minimum Gasteiger partial charge on any atom is -0.268 e. The second-order valence-electron chi connectivity index (χ2n) is 5.80. The monoisotopic (exact) mass is 331 g/mol. The van der Waals surface area contributed by atoms with Gasteiger partial charge in [0.15, 0.2) is 0 Å². The van der Waals surface area contributed by atoms with E-state index in [1.807, 2.05) is 19.1 Å². The van der Waals surface area contributed by atoms with Crippen molar-refractivity contribution in [1.82, 2.24) is 10.2 Å². The number of H-pyrrole nitrogens is 1. The second kappa shape index (κ2) is 5.52. The molecular weight excluding hydrogens is 318 g/mol. The zero-order valence-corrected chi connectivity index (χ0v) is 13.3. The number of carbonyl (C=O) groups is 2. The van der Waals surface area contributed by atoms with Crippen LogP contribution in [-0.4, -0.2) is 22.0 Å². The van der Waals surface area contributed by atoms with Crippen molar-refractivity contribution in [1.29, 1.82) is 0 Å². The molecule has 1 N–H and O–H groups in total. The number of benzene rings is 2. The Morgan fingerprint density at radius 2 is 1.56 bits per heavy atom. The molecule has 1 aromatic heterocycles. The summed E-state index contributed by atoms with van der Waals surface area (Å²) in [6, 6.07) is 15.1. The molecule has 0 aliphatic carbocycles. The minimum absolute atomic E-state index is 0.295. The van der Waals surface area contributed by atoms with Crippen LogP contribution in [0.5, 0.6) is 0 Å². The number of rotatable bonds is 2. The number of hydrogen-bond donors (Lipinski definition) is 1. The first-order valence-electron chi connectivity index (χ1n) is 7.71. The summed E-state index contributed by atoms with van der Waals surface area (Å²) >= 11 is 0. The number of nitrogens with zero attached hydrogens (tertiary/aromatic N) is 2. The fourth-order valence-electron chi connectivity index (χ4n) is 2.92. The van der Waals surface area contributed by atoms with Gasteiger partial charge in [-0.1, -0.05) is 24.3 Å². The van der Waals surface area contributed by atoms with Crippen LogP contribution in [0.15, 0.2) is 59.4 Å². The zero-order valence-electron chi connectivity index (χ0n) is 13.3. The van der Waals surface area contributed by atoms with Crippen molar-refractivity contribution >= 4 is 17.5 Å². The molecule has 122 valence electrons. The Labute approximate surface area is 142 Å². The van der Waals surface area contributed by atoms with E-state index in [9.17, 15) is 14.4 Å². The van der Waals surface area contributed by atoms with Crippen LogP contribution in [0.2, 0.25) is 0 Å². The smallest absolute Gasteiger partial charge is 0.266 e. The summed E-state index contributed by atoms with van der Waals surface area (Å²) in [5, 5.41) is 6.38. The van der Waals surface area contributed by atoms with Gasteiger partial charge in [0.2, 0.25) is 0 Å². The Balaban J connectivity index is 1.83. The van der Waals surface area contributed by atoms with E-state index in [2.05, 4.69) is 10.2 Å². The molecular formula is C19H13N3O3. The van der Waals surface area contributed by atoms with Crippen LogP contribution in [0.25, 0.3) is 11.3 Å². The predicted molar refractivity (Wildman–Crippen MR) is 92.6 cm³/mol. The van der Waals surface area contributed by atoms with Gasteiger partial charge in [-0.15, -0.1) is 0 Å². The van der Waals surface area contributed by atoms with Gasteiger partial charge in [-0.3, -0.25) is 14.4 Å². The normalized spacial score (nSPS) is 13.2. The first-order valence-corrected chi connectivity index (χ1v) is 7.71. The number of anilines is 1. The van der Waals surface area contributed by atoms with E-state index in [0.29, 0.717) is 28.1 Å². The van der Waals surface area contributed by atoms with Crippen molar-refractivity contribution in [2.75, 3.05) is 4.90 Å². The van der Waals surface area contributed by atoms with Gasteiger partial charge >= 0.3 is 0 Å². The maximum absolute atomic E-state index is 12.7. The second-order valence-corrected chi connectivity index (χ2v) is 5.80. The number of fused-ring (bicyclic) bond motifs is 1. The maximum Gasteiger partial charge on any atom is 0.266 e. The maximum atomic E-state index is 12.7. The van der Waals surface area contributed by atoms with Crippen molar-refractivity contribution in [3.05, 3.63) is 81.6 Å². The Morgan fingerprint density at radius 3 is 2.16 bits per heavy atom. The first-order chi connectivity index (χ1) is 12.1. The largest absolute Gasteiger partial charge is 0.268 e. The number of nitrogens with one attached hydrogen (secondary N) is 1. The number of carbonyl (C=O) groups excluding carboxylic acids is 2. The van der Waals surface area contributed by atoms with Crippen LogP contribution in [0.4, 0.5) is 5.69 Å². The molecule has 0 saturated heterocycles. The highest BCUT2D eigenvalue weighted by atomic mass is 16.2. The molecule has 2 amide bonds. The Kier molecular flexibility index (Phi) is 3.32. The Hall–Kier alpha value is -3.54. The van der Waals surface area contributed by atoms with E-state index in [1.54, 1.807) is 36.4 Å². The van der Waals surface area contributed by atoms with Crippen LogP contribution in [0, 0.1) is 6.92 Å². The van der Waals surface area contributed by atoms with E-state index in [4.69, 9.17) is 0 Å². The molecule has 0 fully saturated rings. The lowest BCUT2D eigenvalue weighted by Crippen LogP contribution is -2.30. The molecule has 6 heteroatoms. The van der Waals surface area contributed by atoms with Gasteiger partial charge < -0.3 is 0 Å². The van der Waals surface area contributed by atoms with Gasteiger partial charge in [-0.05, 0) is 36.8 Å². The van der Waals surface area contributed by atoms with Gasteiger partial charge in [0.1, 0.15) is 0 Å². The SMILES string of the molecule is Cc1ccc(-c2ccc(=O)[nH]n2)cc1N1C(=O)c2ccccc2C1=O. The highest BCUT2D eigenvalue weighted by molar-refractivity contribution is 6.34. The van der Waals surface area contributed by atoms with E-state index >= 15 is 0 Å². The first kappa shape index (κ1) is 15.0. The molecule has 1 aliphatic heterocycles. The summed E-state index contributed by atoms with van der Waals surface area (Å²) < 4.78 is 0. The summed E-state index contributed by atoms with van der Waals surface area (Å²) in [5.41, 5.74) is 3.07. The van der Waals surface area contributed by atoms with Crippen molar-refractivity contribution < 1.29 is 9.59 Å². The summed E-state index contributed by atoms with van der Waals surface area (Å²) in [5.74, 6) is -0.675. The quantitative estimate of drug-likeness (QED) is 0.732. The molecule has 2 heterocycles. The topological polar surface area (TPSA) is 83.1 Å². The molecule has 0 unspecified atom stereocenters. The van der Waals surface area contributed by atoms with Crippen molar-refractivity contribution in [2.24, 2.45) is 0 Å². The molecule has 25 heavy (non-hydrogen) atoms. The number of aromatic amines is 1. The number of hydrogen-bond acceptors (Lipinski definition) is 4. The third-order valence-electron chi connectivity index (χ3n) is 4.22. The van der Waals surface area contributed by atoms with E-state index in [-0.39, 0.29) is 17.4 Å². The highest BCUT2D eigenvalue weighted by Gasteiger charge is 2.37. The van der Waals surface area contributed by atoms with E-state index < -0.39 is 0 Å². The molecule has 0 saturated carbocycles. The number of aromatic nitrogens is 2. The molecule has 4 rings (SSSR count). The molecule has 1 aliphatic rings. The molecule has 6 nitrogen and oxygen atoms in total. The summed E-state index contributed by atoms with van der Waals surface area (Å²) in [4.78, 5) is 37.8. The summed E-state index contributed by atoms with van der Waals surface area (Å²) in [7, 11) is 0. The fraction of sp³-hybridized carbons (Fsp3) is 0.0526. The summed E-state index contributed by atoms with van der Waals surface area (Å²) in [6.07, 6.45) is 0. The lowest BCUT2D eigenvalue weighted by atomic mass is 10.1. The zero-order chi connectivity index (χ0) is 17.6. The molecule has 0 bridgehead atoms.